The van der Waals surface area contributed by atoms with Crippen LogP contribution in [0.5, 0.6) is 0 Å². The number of carbonyl (C=O) groups is 1. The Hall–Kier alpha value is -3.20. The van der Waals surface area contributed by atoms with Gasteiger partial charge in [0.2, 0.25) is 0 Å². The lowest BCUT2D eigenvalue weighted by molar-refractivity contribution is -0.384. The van der Waals surface area contributed by atoms with Crippen LogP contribution in [0, 0.1) is 10.1 Å². The van der Waals surface area contributed by atoms with Crippen LogP contribution in [0.25, 0.3) is 0 Å². The van der Waals surface area contributed by atoms with Crippen LogP contribution in [0.15, 0.2) is 36.5 Å². The first-order valence-electron chi connectivity index (χ1n) is 10.2. The molecule has 9 heteroatoms. The van der Waals surface area contributed by atoms with Gasteiger partial charge in [0.25, 0.3) is 11.6 Å². The van der Waals surface area contributed by atoms with E-state index in [0.717, 1.165) is 24.5 Å². The number of amides is 1. The molecule has 0 atom stereocenters. The molecule has 30 heavy (non-hydrogen) atoms. The number of morpholine rings is 1. The van der Waals surface area contributed by atoms with Crippen molar-refractivity contribution in [1.29, 1.82) is 0 Å². The van der Waals surface area contributed by atoms with Gasteiger partial charge in [-0.1, -0.05) is 0 Å². The van der Waals surface area contributed by atoms with Crippen molar-refractivity contribution in [3.63, 3.8) is 0 Å². The molecule has 2 aliphatic rings. The molecule has 0 saturated carbocycles. The third kappa shape index (κ3) is 4.51. The number of benzene rings is 1. The molecule has 158 valence electrons. The lowest BCUT2D eigenvalue weighted by Crippen LogP contribution is -2.38. The average molecular weight is 411 g/mol. The Labute approximate surface area is 174 Å². The van der Waals surface area contributed by atoms with Gasteiger partial charge in [0, 0.05) is 51.1 Å². The molecule has 4 rings (SSSR count). The predicted molar refractivity (Wildman–Crippen MR) is 113 cm³/mol. The number of nitro groups is 1. The summed E-state index contributed by atoms with van der Waals surface area (Å²) in [6.45, 7) is 4.73. The summed E-state index contributed by atoms with van der Waals surface area (Å²) in [6, 6.07) is 8.30. The van der Waals surface area contributed by atoms with Crippen LogP contribution in [0.2, 0.25) is 0 Å². The fourth-order valence-electron chi connectivity index (χ4n) is 3.87. The first kappa shape index (κ1) is 20.1. The minimum Gasteiger partial charge on any atom is -0.378 e. The van der Waals surface area contributed by atoms with E-state index in [1.165, 1.54) is 25.0 Å². The Kier molecular flexibility index (Phi) is 6.08. The van der Waals surface area contributed by atoms with Crippen LogP contribution in [0.1, 0.15) is 28.8 Å². The minimum atomic E-state index is -0.481. The van der Waals surface area contributed by atoms with Crippen LogP contribution < -0.4 is 15.1 Å². The van der Waals surface area contributed by atoms with E-state index in [1.807, 2.05) is 17.0 Å². The van der Waals surface area contributed by atoms with Crippen LogP contribution in [0.4, 0.5) is 17.2 Å². The van der Waals surface area contributed by atoms with Gasteiger partial charge < -0.3 is 19.9 Å². The summed E-state index contributed by atoms with van der Waals surface area (Å²) in [7, 11) is 0. The third-order valence-corrected chi connectivity index (χ3v) is 5.48. The van der Waals surface area contributed by atoms with Crippen molar-refractivity contribution in [2.75, 3.05) is 49.2 Å². The Bertz CT molecular complexity index is 923. The summed E-state index contributed by atoms with van der Waals surface area (Å²) < 4.78 is 5.38. The molecule has 0 bridgehead atoms. The van der Waals surface area contributed by atoms with Crippen molar-refractivity contribution in [2.45, 2.75) is 19.4 Å². The van der Waals surface area contributed by atoms with Crippen LogP contribution in [0.3, 0.4) is 0 Å². The van der Waals surface area contributed by atoms with Crippen molar-refractivity contribution >= 4 is 23.1 Å². The molecule has 2 aliphatic heterocycles. The van der Waals surface area contributed by atoms with E-state index < -0.39 is 4.92 Å². The Balaban J connectivity index is 1.51. The number of aromatic nitrogens is 1. The van der Waals surface area contributed by atoms with E-state index in [2.05, 4.69) is 15.2 Å². The minimum absolute atomic E-state index is 0.0996. The second-order valence-electron chi connectivity index (χ2n) is 7.46. The molecule has 1 amide bonds. The largest absolute Gasteiger partial charge is 0.378 e. The summed E-state index contributed by atoms with van der Waals surface area (Å²) in [5.74, 6) is 0.586. The fourth-order valence-corrected chi connectivity index (χ4v) is 3.87. The number of non-ortho nitro benzene ring substituents is 1. The van der Waals surface area contributed by atoms with Gasteiger partial charge >= 0.3 is 0 Å². The standard InChI is InChI=1S/C21H25N5O4/c27-21(23-15-16-5-6-22-20(13-16)25-7-1-2-8-25)18-14-17(26(28)29)3-4-19(18)24-9-11-30-12-10-24/h3-6,13-14H,1-2,7-12,15H2,(H,23,27). The lowest BCUT2D eigenvalue weighted by Gasteiger charge is -2.30. The van der Waals surface area contributed by atoms with Crippen LogP contribution in [-0.4, -0.2) is 55.2 Å². The first-order valence-corrected chi connectivity index (χ1v) is 10.2. The fraction of sp³-hybridized carbons (Fsp3) is 0.429. The molecule has 0 spiro atoms. The molecule has 3 heterocycles. The zero-order chi connectivity index (χ0) is 20.9. The van der Waals surface area contributed by atoms with E-state index in [0.29, 0.717) is 44.1 Å². The summed E-state index contributed by atoms with van der Waals surface area (Å²) in [6.07, 6.45) is 4.08. The highest BCUT2D eigenvalue weighted by Crippen LogP contribution is 2.26. The van der Waals surface area contributed by atoms with E-state index in [-0.39, 0.29) is 11.6 Å². The number of carbonyl (C=O) groups excluding carboxylic acids is 1. The molecule has 1 N–H and O–H groups in total. The van der Waals surface area contributed by atoms with Crippen molar-refractivity contribution in [3.8, 4) is 0 Å². The summed E-state index contributed by atoms with van der Waals surface area (Å²) >= 11 is 0. The van der Waals surface area contributed by atoms with Crippen molar-refractivity contribution in [1.82, 2.24) is 10.3 Å². The Morgan fingerprint density at radius 2 is 1.87 bits per heavy atom. The summed E-state index contributed by atoms with van der Waals surface area (Å²) in [5.41, 5.74) is 1.84. The normalized spacial score (nSPS) is 16.5. The monoisotopic (exact) mass is 411 g/mol. The smallest absolute Gasteiger partial charge is 0.270 e. The average Bonchev–Trinajstić information content (AvgIpc) is 3.33. The number of pyridine rings is 1. The molecule has 1 aromatic carbocycles. The maximum absolute atomic E-state index is 13.0. The van der Waals surface area contributed by atoms with Crippen molar-refractivity contribution in [3.05, 3.63) is 57.8 Å². The first-order chi connectivity index (χ1) is 14.6. The van der Waals surface area contributed by atoms with Gasteiger partial charge in [-0.2, -0.15) is 0 Å². The molecule has 0 aliphatic carbocycles. The van der Waals surface area contributed by atoms with Gasteiger partial charge in [0.1, 0.15) is 5.82 Å². The molecule has 2 aromatic rings. The molecule has 0 unspecified atom stereocenters. The zero-order valence-electron chi connectivity index (χ0n) is 16.7. The highest BCUT2D eigenvalue weighted by Gasteiger charge is 2.22. The third-order valence-electron chi connectivity index (χ3n) is 5.48. The second kappa shape index (κ2) is 9.08. The quantitative estimate of drug-likeness (QED) is 0.575. The summed E-state index contributed by atoms with van der Waals surface area (Å²) in [4.78, 5) is 32.4. The van der Waals surface area contributed by atoms with E-state index in [1.54, 1.807) is 12.3 Å². The van der Waals surface area contributed by atoms with Gasteiger partial charge in [0.15, 0.2) is 0 Å². The van der Waals surface area contributed by atoms with Crippen LogP contribution in [-0.2, 0) is 11.3 Å². The van der Waals surface area contributed by atoms with E-state index >= 15 is 0 Å². The van der Waals surface area contributed by atoms with Gasteiger partial charge in [-0.05, 0) is 36.6 Å². The van der Waals surface area contributed by atoms with Crippen LogP contribution >= 0.6 is 0 Å². The van der Waals surface area contributed by atoms with Gasteiger partial charge in [-0.15, -0.1) is 0 Å². The Morgan fingerprint density at radius 3 is 2.60 bits per heavy atom. The van der Waals surface area contributed by atoms with Gasteiger partial charge in [-0.25, -0.2) is 4.98 Å². The number of nitrogens with zero attached hydrogens (tertiary/aromatic N) is 4. The maximum Gasteiger partial charge on any atom is 0.270 e. The number of hydrogen-bond donors (Lipinski definition) is 1. The molecule has 9 nitrogen and oxygen atoms in total. The second-order valence-corrected chi connectivity index (χ2v) is 7.46. The number of nitrogens with one attached hydrogen (secondary N) is 1. The molecule has 1 aromatic heterocycles. The molecular weight excluding hydrogens is 386 g/mol. The predicted octanol–water partition coefficient (Wildman–Crippen LogP) is 2.36. The van der Waals surface area contributed by atoms with Crippen molar-refractivity contribution in [2.24, 2.45) is 0 Å². The van der Waals surface area contributed by atoms with Gasteiger partial charge in [-0.3, -0.25) is 14.9 Å². The highest BCUT2D eigenvalue weighted by molar-refractivity contribution is 6.00. The topological polar surface area (TPSA) is 101 Å². The van der Waals surface area contributed by atoms with Crippen molar-refractivity contribution < 1.29 is 14.5 Å². The number of rotatable bonds is 6. The van der Waals surface area contributed by atoms with Gasteiger partial charge in [0.05, 0.1) is 29.4 Å². The number of anilines is 2. The number of ether oxygens (including phenoxy) is 1. The van der Waals surface area contributed by atoms with E-state index in [9.17, 15) is 14.9 Å². The molecule has 0 radical (unpaired) electrons. The molecule has 2 fully saturated rings. The highest BCUT2D eigenvalue weighted by atomic mass is 16.6. The number of nitro benzene ring substituents is 1. The molecular formula is C21H25N5O4. The maximum atomic E-state index is 13.0. The zero-order valence-corrected chi connectivity index (χ0v) is 16.7. The van der Waals surface area contributed by atoms with E-state index in [4.69, 9.17) is 4.74 Å². The SMILES string of the molecule is O=C(NCc1ccnc(N2CCCC2)c1)c1cc([N+](=O)[O-])ccc1N1CCOCC1. The molecule has 2 saturated heterocycles. The number of hydrogen-bond acceptors (Lipinski definition) is 7. The Morgan fingerprint density at radius 1 is 1.10 bits per heavy atom. The lowest BCUT2D eigenvalue weighted by atomic mass is 10.1. The summed E-state index contributed by atoms with van der Waals surface area (Å²) in [5, 5.41) is 14.1.